The zero-order chi connectivity index (χ0) is 10.8. The Morgan fingerprint density at radius 1 is 1.40 bits per heavy atom. The van der Waals surface area contributed by atoms with Crippen LogP contribution in [0.4, 0.5) is 0 Å². The summed E-state index contributed by atoms with van der Waals surface area (Å²) in [5, 5.41) is 28.5. The van der Waals surface area contributed by atoms with Crippen LogP contribution in [0.3, 0.4) is 0 Å². The molecule has 0 amide bonds. The second kappa shape index (κ2) is 3.37. The van der Waals surface area contributed by atoms with Gasteiger partial charge in [-0.3, -0.25) is 0 Å². The predicted molar refractivity (Wildman–Crippen MR) is 47.8 cm³/mol. The molecule has 0 saturated heterocycles. The second-order valence-electron chi connectivity index (χ2n) is 2.76. The van der Waals surface area contributed by atoms with Crippen molar-refractivity contribution >= 4 is 5.97 Å². The van der Waals surface area contributed by atoms with Crippen LogP contribution in [0.1, 0.15) is 10.4 Å². The molecule has 1 aromatic heterocycles. The molecule has 0 aliphatic heterocycles. The van der Waals surface area contributed by atoms with E-state index in [1.165, 1.54) is 29.2 Å². The number of aromatic hydroxyl groups is 1. The van der Waals surface area contributed by atoms with Gasteiger partial charge in [0.15, 0.2) is 0 Å². The van der Waals surface area contributed by atoms with Crippen LogP contribution in [-0.4, -0.2) is 36.4 Å². The maximum atomic E-state index is 10.6. The first-order valence-electron chi connectivity index (χ1n) is 3.98. The zero-order valence-electron chi connectivity index (χ0n) is 7.40. The Morgan fingerprint density at radius 2 is 2.20 bits per heavy atom. The third kappa shape index (κ3) is 1.62. The van der Waals surface area contributed by atoms with E-state index in [1.54, 1.807) is 0 Å². The van der Waals surface area contributed by atoms with E-state index in [0.717, 1.165) is 0 Å². The molecule has 15 heavy (non-hydrogen) atoms. The molecule has 0 fully saturated rings. The molecule has 0 atom stereocenters. The highest BCUT2D eigenvalue weighted by Crippen LogP contribution is 2.20. The number of tetrazole rings is 1. The Hall–Kier alpha value is -2.44. The molecule has 0 radical (unpaired) electrons. The number of hydrogen-bond acceptors (Lipinski definition) is 5. The lowest BCUT2D eigenvalue weighted by atomic mass is 10.2. The Kier molecular flexibility index (Phi) is 2.05. The van der Waals surface area contributed by atoms with Gasteiger partial charge in [-0.15, -0.1) is 5.10 Å². The smallest absolute Gasteiger partial charge is 0.339 e. The van der Waals surface area contributed by atoms with Crippen molar-refractivity contribution in [3.8, 4) is 11.4 Å². The number of rotatable bonds is 2. The van der Waals surface area contributed by atoms with Crippen LogP contribution in [0.15, 0.2) is 24.5 Å². The van der Waals surface area contributed by atoms with E-state index < -0.39 is 5.97 Å². The fraction of sp³-hybridized carbons (Fsp3) is 0. The van der Waals surface area contributed by atoms with Gasteiger partial charge in [0.05, 0.1) is 5.69 Å². The number of aromatic nitrogens is 4. The van der Waals surface area contributed by atoms with E-state index in [4.69, 9.17) is 5.11 Å². The van der Waals surface area contributed by atoms with Crippen molar-refractivity contribution in [3.05, 3.63) is 30.1 Å². The van der Waals surface area contributed by atoms with Gasteiger partial charge in [-0.1, -0.05) is 0 Å². The Morgan fingerprint density at radius 3 is 2.73 bits per heavy atom. The van der Waals surface area contributed by atoms with Gasteiger partial charge in [0.1, 0.15) is 17.6 Å². The summed E-state index contributed by atoms with van der Waals surface area (Å²) in [7, 11) is 0. The molecule has 7 heteroatoms. The molecule has 2 rings (SSSR count). The highest BCUT2D eigenvalue weighted by molar-refractivity contribution is 5.91. The van der Waals surface area contributed by atoms with Gasteiger partial charge in [-0.2, -0.15) is 0 Å². The third-order valence-electron chi connectivity index (χ3n) is 1.83. The molecule has 0 bridgehead atoms. The van der Waals surface area contributed by atoms with Crippen molar-refractivity contribution in [1.82, 2.24) is 20.2 Å². The van der Waals surface area contributed by atoms with E-state index in [-0.39, 0.29) is 11.3 Å². The number of aromatic carboxylic acids is 1. The summed E-state index contributed by atoms with van der Waals surface area (Å²) >= 11 is 0. The van der Waals surface area contributed by atoms with Crippen LogP contribution in [0.5, 0.6) is 5.75 Å². The topological polar surface area (TPSA) is 101 Å². The predicted octanol–water partition coefficient (Wildman–Crippen LogP) is 0.0661. The average Bonchev–Trinajstić information content (AvgIpc) is 2.69. The molecule has 0 saturated carbocycles. The van der Waals surface area contributed by atoms with E-state index in [2.05, 4.69) is 15.5 Å². The fourth-order valence-electron chi connectivity index (χ4n) is 1.12. The first-order valence-corrected chi connectivity index (χ1v) is 3.98. The van der Waals surface area contributed by atoms with Crippen LogP contribution in [0.2, 0.25) is 0 Å². The minimum Gasteiger partial charge on any atom is -0.507 e. The molecule has 1 aromatic carbocycles. The zero-order valence-corrected chi connectivity index (χ0v) is 7.40. The number of carbonyl (C=O) groups is 1. The highest BCUT2D eigenvalue weighted by Gasteiger charge is 2.10. The van der Waals surface area contributed by atoms with Crippen molar-refractivity contribution < 1.29 is 15.0 Å². The van der Waals surface area contributed by atoms with Gasteiger partial charge in [0.2, 0.25) is 0 Å². The molecule has 0 aliphatic carbocycles. The quantitative estimate of drug-likeness (QED) is 0.720. The minimum atomic E-state index is -1.18. The molecule has 0 spiro atoms. The van der Waals surface area contributed by atoms with Crippen LogP contribution in [0, 0.1) is 0 Å². The SMILES string of the molecule is O=C(O)c1ccc(-n2cnnn2)cc1O. The van der Waals surface area contributed by atoms with Crippen molar-refractivity contribution in [1.29, 1.82) is 0 Å². The van der Waals surface area contributed by atoms with Crippen molar-refractivity contribution in [2.45, 2.75) is 0 Å². The Balaban J connectivity index is 2.47. The minimum absolute atomic E-state index is 0.160. The first kappa shape index (κ1) is 9.13. The van der Waals surface area contributed by atoms with Crippen LogP contribution >= 0.6 is 0 Å². The van der Waals surface area contributed by atoms with Crippen molar-refractivity contribution in [2.75, 3.05) is 0 Å². The molecular weight excluding hydrogens is 200 g/mol. The lowest BCUT2D eigenvalue weighted by Crippen LogP contribution is -1.99. The van der Waals surface area contributed by atoms with Crippen molar-refractivity contribution in [3.63, 3.8) is 0 Å². The molecule has 7 nitrogen and oxygen atoms in total. The van der Waals surface area contributed by atoms with E-state index in [1.807, 2.05) is 0 Å². The van der Waals surface area contributed by atoms with Gasteiger partial charge in [-0.05, 0) is 22.6 Å². The van der Waals surface area contributed by atoms with E-state index in [0.29, 0.717) is 5.69 Å². The lowest BCUT2D eigenvalue weighted by Gasteiger charge is -2.02. The molecule has 2 N–H and O–H groups in total. The maximum Gasteiger partial charge on any atom is 0.339 e. The Bertz CT molecular complexity index is 495. The van der Waals surface area contributed by atoms with E-state index in [9.17, 15) is 9.90 Å². The summed E-state index contributed by atoms with van der Waals surface area (Å²) in [4.78, 5) is 10.6. The summed E-state index contributed by atoms with van der Waals surface area (Å²) in [6.07, 6.45) is 1.34. The van der Waals surface area contributed by atoms with Crippen LogP contribution in [-0.2, 0) is 0 Å². The summed E-state index contributed by atoms with van der Waals surface area (Å²) in [5.74, 6) is -1.51. The molecule has 0 aliphatic rings. The molecule has 1 heterocycles. The normalized spacial score (nSPS) is 10.1. The largest absolute Gasteiger partial charge is 0.507 e. The van der Waals surface area contributed by atoms with Gasteiger partial charge in [-0.25, -0.2) is 9.48 Å². The monoisotopic (exact) mass is 206 g/mol. The maximum absolute atomic E-state index is 10.6. The average molecular weight is 206 g/mol. The summed E-state index contributed by atoms with van der Waals surface area (Å²) in [6.45, 7) is 0. The summed E-state index contributed by atoms with van der Waals surface area (Å²) < 4.78 is 1.31. The molecule has 76 valence electrons. The third-order valence-corrected chi connectivity index (χ3v) is 1.83. The number of carboxylic acids is 1. The lowest BCUT2D eigenvalue weighted by molar-refractivity contribution is 0.0694. The highest BCUT2D eigenvalue weighted by atomic mass is 16.4. The van der Waals surface area contributed by atoms with Crippen LogP contribution in [0.25, 0.3) is 5.69 Å². The van der Waals surface area contributed by atoms with E-state index >= 15 is 0 Å². The standard InChI is InChI=1S/C8H6N4O3/c13-7-3-5(12-4-9-10-11-12)1-2-6(7)8(14)15/h1-4,13H,(H,14,15). The number of hydrogen-bond donors (Lipinski definition) is 2. The van der Waals surface area contributed by atoms with Gasteiger partial charge in [0.25, 0.3) is 0 Å². The molecule has 0 unspecified atom stereocenters. The molecular formula is C8H6N4O3. The van der Waals surface area contributed by atoms with Gasteiger partial charge in [0, 0.05) is 6.07 Å². The number of carboxylic acid groups (broad SMARTS) is 1. The number of benzene rings is 1. The number of nitrogens with zero attached hydrogens (tertiary/aromatic N) is 4. The second-order valence-corrected chi connectivity index (χ2v) is 2.76. The van der Waals surface area contributed by atoms with Gasteiger partial charge < -0.3 is 10.2 Å². The summed E-state index contributed by atoms with van der Waals surface area (Å²) in [6, 6.07) is 4.06. The van der Waals surface area contributed by atoms with Crippen LogP contribution < -0.4 is 0 Å². The van der Waals surface area contributed by atoms with Crippen molar-refractivity contribution in [2.24, 2.45) is 0 Å². The molecule has 2 aromatic rings. The summed E-state index contributed by atoms with van der Waals surface area (Å²) in [5.41, 5.74) is 0.328. The van der Waals surface area contributed by atoms with Gasteiger partial charge >= 0.3 is 5.97 Å². The Labute approximate surface area is 83.6 Å². The fourth-order valence-corrected chi connectivity index (χ4v) is 1.12. The first-order chi connectivity index (χ1) is 7.18. The number of phenols is 1.